The van der Waals surface area contributed by atoms with Gasteiger partial charge < -0.3 is 12.9 Å². The average molecular weight is 227 g/mol. The Labute approximate surface area is 84.8 Å². The van der Waals surface area contributed by atoms with Gasteiger partial charge in [-0.3, -0.25) is 0 Å². The summed E-state index contributed by atoms with van der Waals surface area (Å²) in [4.78, 5) is 0. The summed E-state index contributed by atoms with van der Waals surface area (Å²) in [5.74, 6) is 1.23. The van der Waals surface area contributed by atoms with Gasteiger partial charge in [0.15, 0.2) is 0 Å². The predicted molar refractivity (Wildman–Crippen MR) is 56.2 cm³/mol. The molecule has 1 heterocycles. The Bertz CT molecular complexity index is 187. The van der Waals surface area contributed by atoms with Crippen molar-refractivity contribution in [3.05, 3.63) is 12.7 Å². The lowest BCUT2D eigenvalue weighted by Gasteiger charge is -2.42. The van der Waals surface area contributed by atoms with Crippen molar-refractivity contribution in [3.63, 3.8) is 0 Å². The van der Waals surface area contributed by atoms with Crippen LogP contribution in [0, 0.1) is 0 Å². The lowest BCUT2D eigenvalue weighted by Crippen LogP contribution is -2.45. The second-order valence-electron chi connectivity index (χ2n) is 2.93. The molecule has 1 rings (SSSR count). The van der Waals surface area contributed by atoms with Crippen LogP contribution in [0.5, 0.6) is 0 Å². The topological polar surface area (TPSA) is 0 Å². The number of thioether (sulfide) groups is 2. The van der Waals surface area contributed by atoms with Crippen molar-refractivity contribution in [2.75, 3.05) is 11.5 Å². The lowest BCUT2D eigenvalue weighted by atomic mass is 9.82. The van der Waals surface area contributed by atoms with Crippen LogP contribution < -0.4 is 0 Å². The first-order valence-electron chi connectivity index (χ1n) is 4.10. The van der Waals surface area contributed by atoms with Crippen molar-refractivity contribution in [3.8, 4) is 0 Å². The third kappa shape index (κ3) is 2.40. The Morgan fingerprint density at radius 2 is 1.85 bits per heavy atom. The Kier molecular flexibility index (Phi) is 3.68. The standard InChI is InChI=1S/C7H11BF3S2/c1-2-4-7(8(9,10)11)12-5-3-6-13-7/h2H,1,3-6H2/q-1. The van der Waals surface area contributed by atoms with Crippen LogP contribution >= 0.6 is 23.5 Å². The van der Waals surface area contributed by atoms with Crippen LogP contribution in [0.1, 0.15) is 12.8 Å². The van der Waals surface area contributed by atoms with Gasteiger partial charge >= 0.3 is 6.98 Å². The molecule has 0 N–H and O–H groups in total. The van der Waals surface area contributed by atoms with E-state index in [9.17, 15) is 12.9 Å². The minimum atomic E-state index is -4.78. The Balaban J connectivity index is 2.78. The zero-order chi connectivity index (χ0) is 9.95. The highest BCUT2D eigenvalue weighted by molar-refractivity contribution is 8.21. The number of rotatable bonds is 3. The van der Waals surface area contributed by atoms with Crippen LogP contribution in [0.2, 0.25) is 0 Å². The number of hydrogen-bond acceptors (Lipinski definition) is 2. The molecule has 1 aliphatic rings. The summed E-state index contributed by atoms with van der Waals surface area (Å²) >= 11 is 2.07. The van der Waals surface area contributed by atoms with Gasteiger partial charge in [-0.2, -0.15) is 23.5 Å². The van der Waals surface area contributed by atoms with Crippen LogP contribution in [0.25, 0.3) is 0 Å². The zero-order valence-electron chi connectivity index (χ0n) is 7.14. The molecular weight excluding hydrogens is 216 g/mol. The average Bonchev–Trinajstić information content (AvgIpc) is 2.04. The monoisotopic (exact) mass is 227 g/mol. The zero-order valence-corrected chi connectivity index (χ0v) is 8.77. The minimum Gasteiger partial charge on any atom is -0.448 e. The first-order chi connectivity index (χ1) is 6.02. The third-order valence-corrected chi connectivity index (χ3v) is 5.45. The Morgan fingerprint density at radius 1 is 1.31 bits per heavy atom. The minimum absolute atomic E-state index is 0.0336. The van der Waals surface area contributed by atoms with Crippen molar-refractivity contribution in [2.45, 2.75) is 16.8 Å². The van der Waals surface area contributed by atoms with Crippen molar-refractivity contribution in [2.24, 2.45) is 0 Å². The predicted octanol–water partition coefficient (Wildman–Crippen LogP) is 3.52. The summed E-state index contributed by atoms with van der Waals surface area (Å²) in [7, 11) is 0. The van der Waals surface area contributed by atoms with E-state index in [2.05, 4.69) is 6.58 Å². The molecule has 0 atom stereocenters. The molecule has 0 aromatic rings. The van der Waals surface area contributed by atoms with E-state index in [0.717, 1.165) is 29.9 Å². The van der Waals surface area contributed by atoms with E-state index < -0.39 is 11.0 Å². The molecule has 0 amide bonds. The van der Waals surface area contributed by atoms with E-state index >= 15 is 0 Å². The highest BCUT2D eigenvalue weighted by atomic mass is 32.2. The number of allylic oxidation sites excluding steroid dienone is 1. The second-order valence-corrected chi connectivity index (χ2v) is 6.04. The summed E-state index contributed by atoms with van der Waals surface area (Å²) in [6, 6.07) is 0. The van der Waals surface area contributed by atoms with Gasteiger partial charge in [-0.1, -0.05) is 6.08 Å². The smallest absolute Gasteiger partial charge is 0.448 e. The number of hydrogen-bond donors (Lipinski definition) is 0. The maximum atomic E-state index is 12.8. The molecule has 13 heavy (non-hydrogen) atoms. The van der Waals surface area contributed by atoms with Crippen LogP contribution in [-0.2, 0) is 0 Å². The van der Waals surface area contributed by atoms with E-state index in [1.54, 1.807) is 0 Å². The molecule has 0 nitrogen and oxygen atoms in total. The van der Waals surface area contributed by atoms with Gasteiger partial charge in [0.25, 0.3) is 0 Å². The van der Waals surface area contributed by atoms with Gasteiger partial charge in [-0.15, -0.1) is 6.58 Å². The molecule has 0 saturated carbocycles. The molecule has 0 radical (unpaired) electrons. The van der Waals surface area contributed by atoms with Crippen molar-refractivity contribution >= 4 is 30.5 Å². The fourth-order valence-electron chi connectivity index (χ4n) is 1.23. The molecular formula is C7H11BF3S2-. The Hall–Kier alpha value is 0.295. The van der Waals surface area contributed by atoms with Gasteiger partial charge in [-0.05, 0) is 24.3 Å². The van der Waals surface area contributed by atoms with Gasteiger partial charge in [0, 0.05) is 3.98 Å². The summed E-state index contributed by atoms with van der Waals surface area (Å²) in [5.41, 5.74) is 0. The van der Waals surface area contributed by atoms with E-state index in [1.165, 1.54) is 6.08 Å². The molecule has 0 spiro atoms. The first-order valence-corrected chi connectivity index (χ1v) is 6.07. The van der Waals surface area contributed by atoms with E-state index in [4.69, 9.17) is 0 Å². The molecule has 1 saturated heterocycles. The maximum Gasteiger partial charge on any atom is 0.504 e. The molecule has 0 unspecified atom stereocenters. The molecule has 0 aromatic heterocycles. The van der Waals surface area contributed by atoms with Crippen LogP contribution in [0.15, 0.2) is 12.7 Å². The van der Waals surface area contributed by atoms with Gasteiger partial charge in [0.1, 0.15) is 0 Å². The number of halogens is 3. The second kappa shape index (κ2) is 4.21. The van der Waals surface area contributed by atoms with Crippen molar-refractivity contribution in [1.82, 2.24) is 0 Å². The highest BCUT2D eigenvalue weighted by Crippen LogP contribution is 2.52. The van der Waals surface area contributed by atoms with E-state index in [-0.39, 0.29) is 6.42 Å². The summed E-state index contributed by atoms with van der Waals surface area (Å²) in [5, 5.41) is 0. The third-order valence-electron chi connectivity index (χ3n) is 1.91. The van der Waals surface area contributed by atoms with Gasteiger partial charge in [0.2, 0.25) is 0 Å². The largest absolute Gasteiger partial charge is 0.504 e. The summed E-state index contributed by atoms with van der Waals surface area (Å²) < 4.78 is 36.7. The fraction of sp³-hybridized carbons (Fsp3) is 0.714. The SMILES string of the molecule is C=CCC1([B-](F)(F)F)SCCCS1. The quantitative estimate of drug-likeness (QED) is 0.534. The highest BCUT2D eigenvalue weighted by Gasteiger charge is 2.50. The molecule has 6 heteroatoms. The Morgan fingerprint density at radius 3 is 2.23 bits per heavy atom. The van der Waals surface area contributed by atoms with Crippen molar-refractivity contribution in [1.29, 1.82) is 0 Å². The first kappa shape index (κ1) is 11.4. The summed E-state index contributed by atoms with van der Waals surface area (Å²) in [6.45, 7) is -1.38. The molecule has 76 valence electrons. The lowest BCUT2D eigenvalue weighted by molar-refractivity contribution is 0.454. The molecule has 1 aliphatic heterocycles. The summed E-state index contributed by atoms with van der Waals surface area (Å²) in [6.07, 6.45) is 2.28. The molecule has 1 fully saturated rings. The van der Waals surface area contributed by atoms with Crippen molar-refractivity contribution < 1.29 is 12.9 Å². The molecule has 0 bridgehead atoms. The van der Waals surface area contributed by atoms with E-state index in [1.807, 2.05) is 0 Å². The maximum absolute atomic E-state index is 12.8. The van der Waals surface area contributed by atoms with E-state index in [0.29, 0.717) is 11.5 Å². The van der Waals surface area contributed by atoms with Crippen LogP contribution in [0.4, 0.5) is 12.9 Å². The molecule has 0 aromatic carbocycles. The van der Waals surface area contributed by atoms with Gasteiger partial charge in [0.05, 0.1) is 0 Å². The molecule has 0 aliphatic carbocycles. The fourth-order valence-corrected chi connectivity index (χ4v) is 4.37. The van der Waals surface area contributed by atoms with Crippen LogP contribution in [-0.4, -0.2) is 22.5 Å². The van der Waals surface area contributed by atoms with Crippen LogP contribution in [0.3, 0.4) is 0 Å². The normalized spacial score (nSPS) is 22.7. The van der Waals surface area contributed by atoms with Gasteiger partial charge in [-0.25, -0.2) is 0 Å².